The molecule has 3 nitrogen and oxygen atoms in total. The molecule has 66 valence electrons. The van der Waals surface area contributed by atoms with Crippen molar-refractivity contribution in [3.63, 3.8) is 0 Å². The highest BCUT2D eigenvalue weighted by Gasteiger charge is 2.06. The van der Waals surface area contributed by atoms with Gasteiger partial charge in [0.15, 0.2) is 0 Å². The number of aromatic nitrogens is 1. The molecule has 4 heteroatoms. The van der Waals surface area contributed by atoms with Gasteiger partial charge in [0.25, 0.3) is 5.91 Å². The predicted molar refractivity (Wildman–Crippen MR) is 49.3 cm³/mol. The van der Waals surface area contributed by atoms with Crippen LogP contribution < -0.4 is 5.32 Å². The Morgan fingerprint density at radius 1 is 1.75 bits per heavy atom. The summed E-state index contributed by atoms with van der Waals surface area (Å²) in [6.45, 7) is 4.84. The Morgan fingerprint density at radius 2 is 2.50 bits per heavy atom. The molecule has 1 amide bonds. The maximum absolute atomic E-state index is 11.3. The summed E-state index contributed by atoms with van der Waals surface area (Å²) < 4.78 is 3.85. The van der Waals surface area contributed by atoms with Gasteiger partial charge in [-0.05, 0) is 23.5 Å². The van der Waals surface area contributed by atoms with Gasteiger partial charge in [0.05, 0.1) is 0 Å². The van der Waals surface area contributed by atoms with Crippen molar-refractivity contribution in [2.75, 3.05) is 6.54 Å². The molecule has 0 aliphatic rings. The van der Waals surface area contributed by atoms with Gasteiger partial charge in [-0.15, -0.1) is 0 Å². The average Bonchev–Trinajstić information content (AvgIpc) is 2.51. The summed E-state index contributed by atoms with van der Waals surface area (Å²) in [5, 5.41) is 2.82. The number of hydrogen-bond acceptors (Lipinski definition) is 3. The summed E-state index contributed by atoms with van der Waals surface area (Å²) in [5.41, 5.74) is 0. The third-order valence-corrected chi connectivity index (χ3v) is 2.08. The van der Waals surface area contributed by atoms with Gasteiger partial charge in [0.2, 0.25) is 0 Å². The first-order chi connectivity index (χ1) is 5.70. The molecule has 1 aromatic rings. The summed E-state index contributed by atoms with van der Waals surface area (Å²) in [5.74, 6) is 0.466. The number of nitrogens with zero attached hydrogens (tertiary/aromatic N) is 1. The molecule has 1 rings (SSSR count). The molecule has 0 radical (unpaired) electrons. The summed E-state index contributed by atoms with van der Waals surface area (Å²) in [6.07, 6.45) is 1.63. The van der Waals surface area contributed by atoms with E-state index in [1.807, 2.05) is 0 Å². The zero-order chi connectivity index (χ0) is 8.97. The summed E-state index contributed by atoms with van der Waals surface area (Å²) >= 11 is 1.22. The van der Waals surface area contributed by atoms with Crippen molar-refractivity contribution in [2.24, 2.45) is 5.92 Å². The van der Waals surface area contributed by atoms with Gasteiger partial charge < -0.3 is 5.32 Å². The van der Waals surface area contributed by atoms with Crippen LogP contribution in [0.15, 0.2) is 12.3 Å². The van der Waals surface area contributed by atoms with E-state index in [1.54, 1.807) is 12.3 Å². The third-order valence-electron chi connectivity index (χ3n) is 1.33. The quantitative estimate of drug-likeness (QED) is 0.774. The lowest BCUT2D eigenvalue weighted by atomic mass is 10.2. The van der Waals surface area contributed by atoms with Crippen LogP contribution in [-0.2, 0) is 0 Å². The minimum atomic E-state index is -0.0220. The van der Waals surface area contributed by atoms with Crippen LogP contribution in [0.3, 0.4) is 0 Å². The van der Waals surface area contributed by atoms with E-state index in [-0.39, 0.29) is 5.91 Å². The lowest BCUT2D eigenvalue weighted by molar-refractivity contribution is 0.0953. The van der Waals surface area contributed by atoms with E-state index in [4.69, 9.17) is 0 Å². The van der Waals surface area contributed by atoms with Gasteiger partial charge in [-0.3, -0.25) is 4.79 Å². The van der Waals surface area contributed by atoms with Gasteiger partial charge in [0.1, 0.15) is 4.88 Å². The molecule has 0 spiro atoms. The highest BCUT2D eigenvalue weighted by Crippen LogP contribution is 2.03. The van der Waals surface area contributed by atoms with E-state index in [0.29, 0.717) is 10.8 Å². The molecule has 0 aliphatic carbocycles. The highest BCUT2D eigenvalue weighted by molar-refractivity contribution is 7.08. The Morgan fingerprint density at radius 3 is 3.00 bits per heavy atom. The van der Waals surface area contributed by atoms with Crippen LogP contribution in [0.25, 0.3) is 0 Å². The number of carbonyl (C=O) groups excluding carboxylic acids is 1. The van der Waals surface area contributed by atoms with E-state index in [1.165, 1.54) is 11.5 Å². The molecule has 0 saturated carbocycles. The molecule has 0 bridgehead atoms. The maximum Gasteiger partial charge on any atom is 0.262 e. The van der Waals surface area contributed by atoms with Crippen molar-refractivity contribution in [2.45, 2.75) is 13.8 Å². The van der Waals surface area contributed by atoms with E-state index >= 15 is 0 Å². The monoisotopic (exact) mass is 184 g/mol. The smallest absolute Gasteiger partial charge is 0.262 e. The minimum absolute atomic E-state index is 0.0220. The Kier molecular flexibility index (Phi) is 3.22. The molecule has 0 unspecified atom stereocenters. The van der Waals surface area contributed by atoms with Crippen LogP contribution in [0.4, 0.5) is 0 Å². The van der Waals surface area contributed by atoms with Crippen molar-refractivity contribution in [1.29, 1.82) is 0 Å². The van der Waals surface area contributed by atoms with Crippen molar-refractivity contribution in [3.8, 4) is 0 Å². The number of carbonyl (C=O) groups is 1. The highest BCUT2D eigenvalue weighted by atomic mass is 32.1. The van der Waals surface area contributed by atoms with Crippen molar-refractivity contribution >= 4 is 17.4 Å². The van der Waals surface area contributed by atoms with Crippen molar-refractivity contribution in [1.82, 2.24) is 9.69 Å². The first-order valence-corrected chi connectivity index (χ1v) is 4.66. The Labute approximate surface area is 76.0 Å². The fourth-order valence-electron chi connectivity index (χ4n) is 0.717. The summed E-state index contributed by atoms with van der Waals surface area (Å²) in [7, 11) is 0. The molecule has 0 fully saturated rings. The zero-order valence-electron chi connectivity index (χ0n) is 7.20. The largest absolute Gasteiger partial charge is 0.351 e. The SMILES string of the molecule is CC(C)CNC(=O)c1ccns1. The minimum Gasteiger partial charge on any atom is -0.351 e. The number of amides is 1. The first-order valence-electron chi connectivity index (χ1n) is 3.89. The molecule has 0 aromatic carbocycles. The van der Waals surface area contributed by atoms with Crippen molar-refractivity contribution < 1.29 is 4.79 Å². The van der Waals surface area contributed by atoms with E-state index in [2.05, 4.69) is 23.5 Å². The Balaban J connectivity index is 2.40. The van der Waals surface area contributed by atoms with Crippen molar-refractivity contribution in [3.05, 3.63) is 17.1 Å². The van der Waals surface area contributed by atoms with Crippen LogP contribution in [0.2, 0.25) is 0 Å². The molecule has 1 N–H and O–H groups in total. The average molecular weight is 184 g/mol. The van der Waals surface area contributed by atoms with Crippen LogP contribution in [0.1, 0.15) is 23.5 Å². The molecular formula is C8H12N2OS. The normalized spacial score (nSPS) is 10.2. The molecule has 1 aromatic heterocycles. The summed E-state index contributed by atoms with van der Waals surface area (Å²) in [4.78, 5) is 11.9. The van der Waals surface area contributed by atoms with E-state index in [9.17, 15) is 4.79 Å². The second-order valence-electron chi connectivity index (χ2n) is 2.98. The molecule has 0 saturated heterocycles. The zero-order valence-corrected chi connectivity index (χ0v) is 8.02. The molecule has 0 atom stereocenters. The predicted octanol–water partition coefficient (Wildman–Crippen LogP) is 1.53. The molecule has 12 heavy (non-hydrogen) atoms. The standard InChI is InChI=1S/C8H12N2OS/c1-6(2)5-9-8(11)7-3-4-10-12-7/h3-4,6H,5H2,1-2H3,(H,9,11). The second kappa shape index (κ2) is 4.21. The van der Waals surface area contributed by atoms with E-state index < -0.39 is 0 Å². The van der Waals surface area contributed by atoms with Gasteiger partial charge in [-0.25, -0.2) is 4.37 Å². The van der Waals surface area contributed by atoms with E-state index in [0.717, 1.165) is 6.54 Å². The Bertz CT molecular complexity index is 244. The lowest BCUT2D eigenvalue weighted by Crippen LogP contribution is -2.26. The molecule has 1 heterocycles. The first kappa shape index (κ1) is 9.19. The number of nitrogens with one attached hydrogen (secondary N) is 1. The second-order valence-corrected chi connectivity index (χ2v) is 3.81. The van der Waals surface area contributed by atoms with Crippen LogP contribution in [-0.4, -0.2) is 16.8 Å². The fourth-order valence-corrected chi connectivity index (χ4v) is 1.23. The maximum atomic E-state index is 11.3. The fraction of sp³-hybridized carbons (Fsp3) is 0.500. The number of hydrogen-bond donors (Lipinski definition) is 1. The summed E-state index contributed by atoms with van der Waals surface area (Å²) in [6, 6.07) is 1.72. The van der Waals surface area contributed by atoms with Gasteiger partial charge in [-0.1, -0.05) is 13.8 Å². The van der Waals surface area contributed by atoms with Gasteiger partial charge in [-0.2, -0.15) is 0 Å². The topological polar surface area (TPSA) is 42.0 Å². The molecular weight excluding hydrogens is 172 g/mol. The van der Waals surface area contributed by atoms with Gasteiger partial charge in [0, 0.05) is 12.7 Å². The lowest BCUT2D eigenvalue weighted by Gasteiger charge is -2.04. The molecule has 0 aliphatic heterocycles. The Hall–Kier alpha value is -0.900. The van der Waals surface area contributed by atoms with Gasteiger partial charge >= 0.3 is 0 Å². The van der Waals surface area contributed by atoms with Crippen LogP contribution in [0.5, 0.6) is 0 Å². The van der Waals surface area contributed by atoms with Crippen LogP contribution in [0, 0.1) is 5.92 Å². The third kappa shape index (κ3) is 2.62. The number of rotatable bonds is 3. The van der Waals surface area contributed by atoms with Crippen LogP contribution >= 0.6 is 11.5 Å².